The van der Waals surface area contributed by atoms with Gasteiger partial charge >= 0.3 is 0 Å². The number of hydrogen-bond acceptors (Lipinski definition) is 7. The Balaban J connectivity index is 1.49. The minimum atomic E-state index is -0.281. The van der Waals surface area contributed by atoms with Crippen molar-refractivity contribution in [3.8, 4) is 11.5 Å². The van der Waals surface area contributed by atoms with Crippen LogP contribution in [0.1, 0.15) is 22.5 Å². The molecule has 0 saturated heterocycles. The molecule has 8 heteroatoms. The summed E-state index contributed by atoms with van der Waals surface area (Å²) in [7, 11) is 1.66. The number of aromatic nitrogens is 2. The van der Waals surface area contributed by atoms with Crippen LogP contribution in [0.25, 0.3) is 0 Å². The van der Waals surface area contributed by atoms with Gasteiger partial charge in [-0.3, -0.25) is 4.79 Å². The number of rotatable bonds is 8. The molecule has 1 aromatic heterocycles. The van der Waals surface area contributed by atoms with E-state index in [1.54, 1.807) is 13.3 Å². The quantitative estimate of drug-likeness (QED) is 0.702. The molecule has 25 heavy (non-hydrogen) atoms. The van der Waals surface area contributed by atoms with Crippen molar-refractivity contribution in [1.82, 2.24) is 15.3 Å². The molecule has 1 aliphatic rings. The van der Waals surface area contributed by atoms with E-state index in [9.17, 15) is 4.79 Å². The van der Waals surface area contributed by atoms with Crippen LogP contribution >= 0.6 is 0 Å². The third-order valence-electron chi connectivity index (χ3n) is 3.61. The summed E-state index contributed by atoms with van der Waals surface area (Å²) in [5, 5.41) is 5.93. The first-order valence-electron chi connectivity index (χ1n) is 7.98. The second kappa shape index (κ2) is 8.29. The van der Waals surface area contributed by atoms with Crippen LogP contribution in [0.2, 0.25) is 0 Å². The smallest absolute Gasteiger partial charge is 0.271 e. The molecule has 1 aromatic carbocycles. The highest BCUT2D eigenvalue weighted by Crippen LogP contribution is 2.32. The molecule has 0 radical (unpaired) electrons. The Hall–Kier alpha value is -2.87. The van der Waals surface area contributed by atoms with Crippen LogP contribution in [-0.4, -0.2) is 42.9 Å². The molecule has 1 aliphatic heterocycles. The van der Waals surface area contributed by atoms with E-state index in [2.05, 4.69) is 20.6 Å². The maximum Gasteiger partial charge on any atom is 0.271 e. The van der Waals surface area contributed by atoms with Crippen molar-refractivity contribution >= 4 is 11.7 Å². The predicted molar refractivity (Wildman–Crippen MR) is 90.7 cm³/mol. The molecule has 8 nitrogen and oxygen atoms in total. The summed E-state index contributed by atoms with van der Waals surface area (Å²) >= 11 is 0. The van der Waals surface area contributed by atoms with Crippen LogP contribution in [0.4, 0.5) is 5.82 Å². The highest BCUT2D eigenvalue weighted by molar-refractivity contribution is 5.91. The summed E-state index contributed by atoms with van der Waals surface area (Å²) < 4.78 is 15.6. The Labute approximate surface area is 145 Å². The number of methoxy groups -OCH3 is 1. The van der Waals surface area contributed by atoms with Crippen LogP contribution in [0, 0.1) is 0 Å². The molecule has 2 N–H and O–H groups in total. The van der Waals surface area contributed by atoms with E-state index in [4.69, 9.17) is 14.2 Å². The van der Waals surface area contributed by atoms with Gasteiger partial charge in [-0.05, 0) is 24.1 Å². The fourth-order valence-electron chi connectivity index (χ4n) is 2.29. The van der Waals surface area contributed by atoms with Gasteiger partial charge in [0.25, 0.3) is 5.91 Å². The fraction of sp³-hybridized carbons (Fsp3) is 0.353. The molecule has 0 aliphatic carbocycles. The van der Waals surface area contributed by atoms with Gasteiger partial charge in [-0.25, -0.2) is 9.97 Å². The average Bonchev–Trinajstić information content (AvgIpc) is 3.11. The van der Waals surface area contributed by atoms with E-state index in [1.807, 2.05) is 18.2 Å². The number of nitrogens with zero attached hydrogens (tertiary/aromatic N) is 2. The molecule has 0 fully saturated rings. The zero-order chi connectivity index (χ0) is 17.5. The number of nitrogens with one attached hydrogen (secondary N) is 2. The summed E-state index contributed by atoms with van der Waals surface area (Å²) in [5.74, 6) is 1.75. The summed E-state index contributed by atoms with van der Waals surface area (Å²) in [5.41, 5.74) is 1.19. The van der Waals surface area contributed by atoms with Crippen molar-refractivity contribution < 1.29 is 19.0 Å². The third kappa shape index (κ3) is 4.57. The predicted octanol–water partition coefficient (Wildman–Crippen LogP) is 1.58. The van der Waals surface area contributed by atoms with Crippen molar-refractivity contribution in [1.29, 1.82) is 0 Å². The van der Waals surface area contributed by atoms with Crippen molar-refractivity contribution in [3.05, 3.63) is 41.9 Å². The number of ether oxygens (including phenoxy) is 3. The largest absolute Gasteiger partial charge is 0.454 e. The molecule has 132 valence electrons. The molecule has 0 saturated carbocycles. The van der Waals surface area contributed by atoms with Crippen LogP contribution in [0.3, 0.4) is 0 Å². The number of benzene rings is 1. The van der Waals surface area contributed by atoms with Crippen molar-refractivity contribution in [2.45, 2.75) is 13.0 Å². The third-order valence-corrected chi connectivity index (χ3v) is 3.61. The van der Waals surface area contributed by atoms with E-state index in [0.29, 0.717) is 24.7 Å². The van der Waals surface area contributed by atoms with Gasteiger partial charge in [0.1, 0.15) is 11.5 Å². The minimum absolute atomic E-state index is 0.229. The Bertz CT molecular complexity index is 721. The zero-order valence-electron chi connectivity index (χ0n) is 13.9. The molecule has 0 unspecified atom stereocenters. The van der Waals surface area contributed by atoms with Gasteiger partial charge in [-0.2, -0.15) is 0 Å². The molecule has 0 atom stereocenters. The summed E-state index contributed by atoms with van der Waals surface area (Å²) in [6, 6.07) is 5.56. The molecule has 3 rings (SSSR count). The van der Waals surface area contributed by atoms with Gasteiger partial charge < -0.3 is 24.8 Å². The number of fused-ring (bicyclic) bond motifs is 1. The Kier molecular flexibility index (Phi) is 5.63. The topological polar surface area (TPSA) is 94.6 Å². The normalized spacial score (nSPS) is 12.0. The van der Waals surface area contributed by atoms with Crippen LogP contribution in [-0.2, 0) is 11.3 Å². The van der Waals surface area contributed by atoms with Gasteiger partial charge in [-0.15, -0.1) is 0 Å². The lowest BCUT2D eigenvalue weighted by Gasteiger charge is -2.07. The van der Waals surface area contributed by atoms with Crippen molar-refractivity contribution in [2.75, 3.05) is 32.4 Å². The molecule has 1 amide bonds. The van der Waals surface area contributed by atoms with Crippen LogP contribution in [0.15, 0.2) is 30.6 Å². The number of anilines is 1. The first kappa shape index (κ1) is 17.0. The van der Waals surface area contributed by atoms with E-state index < -0.39 is 0 Å². The standard InChI is InChI=1S/C17H20N4O4/c1-23-6-2-5-18-16-10-19-13(9-20-16)17(22)21-8-12-3-4-14-15(7-12)25-11-24-14/h3-4,7,9-10H,2,5-6,8,11H2,1H3,(H,18,20)(H,21,22). The second-order valence-corrected chi connectivity index (χ2v) is 5.43. The van der Waals surface area contributed by atoms with Gasteiger partial charge in [0, 0.05) is 26.8 Å². The Morgan fingerprint density at radius 1 is 1.24 bits per heavy atom. The van der Waals surface area contributed by atoms with E-state index >= 15 is 0 Å². The summed E-state index contributed by atoms with van der Waals surface area (Å²) in [6.07, 6.45) is 3.87. The lowest BCUT2D eigenvalue weighted by atomic mass is 10.2. The number of amides is 1. The van der Waals surface area contributed by atoms with E-state index in [-0.39, 0.29) is 18.4 Å². The fourth-order valence-corrected chi connectivity index (χ4v) is 2.29. The van der Waals surface area contributed by atoms with E-state index in [0.717, 1.165) is 24.3 Å². The van der Waals surface area contributed by atoms with Gasteiger partial charge in [0.05, 0.1) is 12.4 Å². The number of carbonyl (C=O) groups is 1. The van der Waals surface area contributed by atoms with Gasteiger partial charge in [-0.1, -0.05) is 6.07 Å². The molecule has 2 heterocycles. The van der Waals surface area contributed by atoms with Crippen molar-refractivity contribution in [2.24, 2.45) is 0 Å². The number of carbonyl (C=O) groups excluding carboxylic acids is 1. The number of hydrogen-bond donors (Lipinski definition) is 2. The summed E-state index contributed by atoms with van der Waals surface area (Å²) in [4.78, 5) is 20.5. The maximum atomic E-state index is 12.2. The SMILES string of the molecule is COCCCNc1cnc(C(=O)NCc2ccc3c(c2)OCO3)cn1. The monoisotopic (exact) mass is 344 g/mol. The lowest BCUT2D eigenvalue weighted by molar-refractivity contribution is 0.0945. The zero-order valence-corrected chi connectivity index (χ0v) is 13.9. The Morgan fingerprint density at radius 2 is 2.12 bits per heavy atom. The van der Waals surface area contributed by atoms with Gasteiger partial charge in [0.15, 0.2) is 11.5 Å². The second-order valence-electron chi connectivity index (χ2n) is 5.43. The van der Waals surface area contributed by atoms with Crippen LogP contribution < -0.4 is 20.1 Å². The molecule has 2 aromatic rings. The highest BCUT2D eigenvalue weighted by atomic mass is 16.7. The first-order chi connectivity index (χ1) is 12.3. The van der Waals surface area contributed by atoms with Crippen molar-refractivity contribution in [3.63, 3.8) is 0 Å². The van der Waals surface area contributed by atoms with E-state index in [1.165, 1.54) is 6.20 Å². The Morgan fingerprint density at radius 3 is 2.92 bits per heavy atom. The maximum absolute atomic E-state index is 12.2. The minimum Gasteiger partial charge on any atom is -0.454 e. The lowest BCUT2D eigenvalue weighted by Crippen LogP contribution is -2.24. The van der Waals surface area contributed by atoms with Crippen LogP contribution in [0.5, 0.6) is 11.5 Å². The molecule has 0 bridgehead atoms. The average molecular weight is 344 g/mol. The molecular formula is C17H20N4O4. The summed E-state index contributed by atoms with van der Waals surface area (Å²) in [6.45, 7) is 2.01. The molecule has 0 spiro atoms. The first-order valence-corrected chi connectivity index (χ1v) is 7.98. The highest BCUT2D eigenvalue weighted by Gasteiger charge is 2.14. The van der Waals surface area contributed by atoms with Gasteiger partial charge in [0.2, 0.25) is 6.79 Å². The molecular weight excluding hydrogens is 324 g/mol.